The van der Waals surface area contributed by atoms with Crippen molar-refractivity contribution in [2.75, 3.05) is 14.2 Å². The van der Waals surface area contributed by atoms with Gasteiger partial charge in [0.15, 0.2) is 0 Å². The summed E-state index contributed by atoms with van der Waals surface area (Å²) in [5.41, 5.74) is -2.15. The predicted octanol–water partition coefficient (Wildman–Crippen LogP) is 6.27. The molecule has 5 nitrogen and oxygen atoms in total. The number of hydrogen-bond acceptors (Lipinski definition) is 5. The van der Waals surface area contributed by atoms with E-state index < -0.39 is 41.1 Å². The molecule has 6 heteroatoms. The minimum absolute atomic E-state index is 0.190. The number of hydrogen-bond donors (Lipinski definition) is 0. The van der Waals surface area contributed by atoms with Gasteiger partial charge in [0.25, 0.3) is 0 Å². The maximum absolute atomic E-state index is 12.8. The van der Waals surface area contributed by atoms with Crippen molar-refractivity contribution in [2.45, 2.75) is 89.9 Å². The van der Waals surface area contributed by atoms with E-state index in [4.69, 9.17) is 9.47 Å². The normalized spacial score (nSPS) is 22.5. The number of rotatable bonds is 14. The van der Waals surface area contributed by atoms with Crippen molar-refractivity contribution in [3.8, 4) is 6.07 Å². The molecule has 1 saturated carbocycles. The first-order valence-corrected chi connectivity index (χ1v) is 20.1. The van der Waals surface area contributed by atoms with Crippen molar-refractivity contribution in [2.24, 2.45) is 16.7 Å². The Bertz CT molecular complexity index is 619. The van der Waals surface area contributed by atoms with E-state index in [1.54, 1.807) is 6.08 Å². The third kappa shape index (κ3) is 6.27. The van der Waals surface area contributed by atoms with Crippen molar-refractivity contribution in [1.29, 1.82) is 5.26 Å². The van der Waals surface area contributed by atoms with Gasteiger partial charge in [0.2, 0.25) is 0 Å². The number of carbonyl (C=O) groups is 2. The molecule has 0 bridgehead atoms. The molecule has 0 N–H and O–H groups in total. The first-order chi connectivity index (χ1) is 14.8. The summed E-state index contributed by atoms with van der Waals surface area (Å²) in [5.74, 6) is -1.38. The summed E-state index contributed by atoms with van der Waals surface area (Å²) in [7, 11) is 2.60. The quantitative estimate of drug-likeness (QED) is 0.112. The molecule has 1 aliphatic carbocycles. The summed E-state index contributed by atoms with van der Waals surface area (Å²) < 4.78 is 14.8. The molecule has 0 aliphatic heterocycles. The Morgan fingerprint density at radius 3 is 1.81 bits per heavy atom. The standard InChI is InChI=1S/C13H16NO4.3C4H9.Sn/c1-5-9-6-13(10(15)17-3,11(16)18-4)7-12(9,2)8-14;3*1-3-4-2;/h5,9H,1-2,6-7H2,3-4H3;3*1,3-4H2,2H3;/t9-,12+;;;;/m1..../s1. The fourth-order valence-electron chi connectivity index (χ4n) is 5.73. The molecule has 0 heterocycles. The zero-order valence-electron chi connectivity index (χ0n) is 20.4. The molecule has 0 aromatic heterocycles. The molecular weight excluding hydrogens is 497 g/mol. The first kappa shape index (κ1) is 28.0. The molecule has 0 spiro atoms. The second-order valence-corrected chi connectivity index (χ2v) is 23.4. The number of unbranched alkanes of at least 4 members (excludes halogenated alkanes) is 3. The Hall–Kier alpha value is -1.03. The summed E-state index contributed by atoms with van der Waals surface area (Å²) >= 11 is -2.74. The van der Waals surface area contributed by atoms with Gasteiger partial charge < -0.3 is 0 Å². The SMILES string of the molecule is C=C[C@@H]1CC(C(=O)OC)(C(=O)OC)C[C@]1(C#N)[CH2][Sn]([CH2]CCC)([CH2]CCC)[CH2]CCC. The maximum atomic E-state index is 12.8. The fraction of sp³-hybridized carbons (Fsp3) is 0.800. The van der Waals surface area contributed by atoms with E-state index in [9.17, 15) is 14.9 Å². The predicted molar refractivity (Wildman–Crippen MR) is 127 cm³/mol. The van der Waals surface area contributed by atoms with Crippen LogP contribution in [-0.4, -0.2) is 44.5 Å². The van der Waals surface area contributed by atoms with Crippen LogP contribution in [0, 0.1) is 28.1 Å². The van der Waals surface area contributed by atoms with Crippen LogP contribution >= 0.6 is 0 Å². The molecule has 0 saturated heterocycles. The Kier molecular flexibility index (Phi) is 11.6. The third-order valence-corrected chi connectivity index (χ3v) is 23.5. The zero-order valence-corrected chi connectivity index (χ0v) is 23.3. The minimum atomic E-state index is -2.74. The average molecular weight is 540 g/mol. The average Bonchev–Trinajstić information content (AvgIpc) is 3.14. The molecule has 2 atom stereocenters. The van der Waals surface area contributed by atoms with Gasteiger partial charge in [-0.25, -0.2) is 0 Å². The van der Waals surface area contributed by atoms with Crippen molar-refractivity contribution in [3.63, 3.8) is 0 Å². The number of ether oxygens (including phenoxy) is 2. The van der Waals surface area contributed by atoms with Crippen LogP contribution in [0.5, 0.6) is 0 Å². The second kappa shape index (κ2) is 12.9. The van der Waals surface area contributed by atoms with Gasteiger partial charge in [-0.2, -0.15) is 0 Å². The molecule has 0 radical (unpaired) electrons. The molecular formula is C25H43NO4Sn. The first-order valence-electron chi connectivity index (χ1n) is 12.0. The van der Waals surface area contributed by atoms with E-state index in [0.717, 1.165) is 23.7 Å². The Morgan fingerprint density at radius 1 is 1.03 bits per heavy atom. The van der Waals surface area contributed by atoms with Gasteiger partial charge in [-0.15, -0.1) is 0 Å². The van der Waals surface area contributed by atoms with Crippen LogP contribution in [0.2, 0.25) is 17.7 Å². The van der Waals surface area contributed by atoms with Crippen LogP contribution in [0.1, 0.15) is 72.1 Å². The Morgan fingerprint density at radius 2 is 1.48 bits per heavy atom. The number of nitriles is 1. The van der Waals surface area contributed by atoms with Crippen molar-refractivity contribution >= 4 is 30.3 Å². The molecule has 31 heavy (non-hydrogen) atoms. The topological polar surface area (TPSA) is 76.4 Å². The van der Waals surface area contributed by atoms with Crippen LogP contribution in [-0.2, 0) is 19.1 Å². The Balaban J connectivity index is 3.50. The van der Waals surface area contributed by atoms with E-state index in [1.165, 1.54) is 46.8 Å². The van der Waals surface area contributed by atoms with Crippen molar-refractivity contribution < 1.29 is 19.1 Å². The van der Waals surface area contributed by atoms with Gasteiger partial charge in [-0.1, -0.05) is 0 Å². The van der Waals surface area contributed by atoms with E-state index in [1.807, 2.05) is 0 Å². The molecule has 1 aliphatic rings. The van der Waals surface area contributed by atoms with Gasteiger partial charge in [0.05, 0.1) is 0 Å². The number of carbonyl (C=O) groups excluding carboxylic acids is 2. The number of esters is 2. The summed E-state index contributed by atoms with van der Waals surface area (Å²) in [5, 5.41) is 10.5. The van der Waals surface area contributed by atoms with E-state index in [0.29, 0.717) is 0 Å². The number of methoxy groups -OCH3 is 2. The monoisotopic (exact) mass is 541 g/mol. The molecule has 1 rings (SSSR count). The second-order valence-electron chi connectivity index (χ2n) is 9.54. The summed E-state index contributed by atoms with van der Waals surface area (Å²) in [6.07, 6.45) is 9.36. The van der Waals surface area contributed by atoms with E-state index in [2.05, 4.69) is 33.4 Å². The molecule has 0 aromatic carbocycles. The van der Waals surface area contributed by atoms with E-state index >= 15 is 0 Å². The van der Waals surface area contributed by atoms with Gasteiger partial charge in [0.1, 0.15) is 0 Å². The van der Waals surface area contributed by atoms with Crippen LogP contribution in [0.4, 0.5) is 0 Å². The van der Waals surface area contributed by atoms with Crippen molar-refractivity contribution in [3.05, 3.63) is 12.7 Å². The van der Waals surface area contributed by atoms with Gasteiger partial charge in [-0.3, -0.25) is 0 Å². The van der Waals surface area contributed by atoms with Gasteiger partial charge >= 0.3 is 194 Å². The van der Waals surface area contributed by atoms with Crippen LogP contribution in [0.15, 0.2) is 12.7 Å². The fourth-order valence-corrected chi connectivity index (χ4v) is 24.0. The van der Waals surface area contributed by atoms with Gasteiger partial charge in [-0.05, 0) is 0 Å². The number of nitrogens with zero attached hydrogens (tertiary/aromatic N) is 1. The summed E-state index contributed by atoms with van der Waals surface area (Å²) in [4.78, 5) is 25.7. The van der Waals surface area contributed by atoms with Crippen molar-refractivity contribution in [1.82, 2.24) is 0 Å². The van der Waals surface area contributed by atoms with E-state index in [-0.39, 0.29) is 18.8 Å². The van der Waals surface area contributed by atoms with Crippen LogP contribution in [0.25, 0.3) is 0 Å². The molecule has 176 valence electrons. The summed E-state index contributed by atoms with van der Waals surface area (Å²) in [6.45, 7) is 10.7. The summed E-state index contributed by atoms with van der Waals surface area (Å²) in [6, 6.07) is 2.64. The number of allylic oxidation sites excluding steroid dienone is 1. The van der Waals surface area contributed by atoms with Gasteiger partial charge in [0, 0.05) is 0 Å². The molecule has 0 amide bonds. The Labute approximate surface area is 193 Å². The molecule has 1 fully saturated rings. The third-order valence-electron chi connectivity index (χ3n) is 7.43. The zero-order chi connectivity index (χ0) is 23.5. The van der Waals surface area contributed by atoms with Crippen LogP contribution in [0.3, 0.4) is 0 Å². The molecule has 0 aromatic rings. The molecule has 0 unspecified atom stereocenters. The van der Waals surface area contributed by atoms with Crippen LogP contribution < -0.4 is 0 Å².